The van der Waals surface area contributed by atoms with Crippen molar-refractivity contribution >= 4 is 23.8 Å². The van der Waals surface area contributed by atoms with E-state index in [4.69, 9.17) is 0 Å². The molecule has 174 valence electrons. The second kappa shape index (κ2) is 9.97. The predicted octanol–water partition coefficient (Wildman–Crippen LogP) is 0.986. The van der Waals surface area contributed by atoms with Crippen LogP contribution < -0.4 is 0 Å². The molecule has 9 heteroatoms. The lowest BCUT2D eigenvalue weighted by molar-refractivity contribution is -0.140. The van der Waals surface area contributed by atoms with E-state index in [1.807, 2.05) is 18.7 Å². The van der Waals surface area contributed by atoms with Gasteiger partial charge in [-0.1, -0.05) is 19.3 Å². The van der Waals surface area contributed by atoms with Gasteiger partial charge in [0, 0.05) is 46.3 Å². The number of hydrogen-bond donors (Lipinski definition) is 0. The first-order valence-electron chi connectivity index (χ1n) is 11.7. The van der Waals surface area contributed by atoms with E-state index in [0.29, 0.717) is 52.1 Å². The average Bonchev–Trinajstić information content (AvgIpc) is 2.96. The van der Waals surface area contributed by atoms with E-state index < -0.39 is 5.54 Å². The summed E-state index contributed by atoms with van der Waals surface area (Å²) < 4.78 is 0. The summed E-state index contributed by atoms with van der Waals surface area (Å²) in [4.78, 5) is 59.6. The van der Waals surface area contributed by atoms with Gasteiger partial charge in [-0.25, -0.2) is 4.79 Å². The second-order valence-corrected chi connectivity index (χ2v) is 8.90. The van der Waals surface area contributed by atoms with Gasteiger partial charge in [-0.05, 0) is 33.1 Å². The molecule has 31 heavy (non-hydrogen) atoms. The van der Waals surface area contributed by atoms with Gasteiger partial charge in [0.25, 0.3) is 5.91 Å². The minimum atomic E-state index is -0.754. The fourth-order valence-corrected chi connectivity index (χ4v) is 5.15. The molecule has 0 radical (unpaired) electrons. The van der Waals surface area contributed by atoms with Crippen LogP contribution in [0.15, 0.2) is 0 Å². The molecule has 1 saturated carbocycles. The molecule has 3 aliphatic rings. The van der Waals surface area contributed by atoms with Crippen molar-refractivity contribution < 1.29 is 19.2 Å². The molecule has 2 aliphatic heterocycles. The molecule has 2 saturated heterocycles. The molecule has 0 unspecified atom stereocenters. The van der Waals surface area contributed by atoms with Crippen LogP contribution in [-0.4, -0.2) is 113 Å². The topological polar surface area (TPSA) is 84.5 Å². The van der Waals surface area contributed by atoms with E-state index >= 15 is 0 Å². The number of carbonyl (C=O) groups excluding carboxylic acids is 4. The van der Waals surface area contributed by atoms with Crippen molar-refractivity contribution in [3.05, 3.63) is 0 Å². The maximum atomic E-state index is 13.1. The minimum absolute atomic E-state index is 0.110. The van der Waals surface area contributed by atoms with Crippen LogP contribution in [0.5, 0.6) is 0 Å². The summed E-state index contributed by atoms with van der Waals surface area (Å²) in [6.07, 6.45) is 5.06. The fraction of sp³-hybridized carbons (Fsp3) is 0.818. The molecule has 1 aliphatic carbocycles. The lowest BCUT2D eigenvalue weighted by Crippen LogP contribution is -2.50. The number of amides is 5. The van der Waals surface area contributed by atoms with Crippen molar-refractivity contribution in [3.8, 4) is 0 Å². The molecule has 0 aromatic heterocycles. The third-order valence-electron chi connectivity index (χ3n) is 7.19. The van der Waals surface area contributed by atoms with Gasteiger partial charge in [-0.15, -0.1) is 0 Å². The Labute approximate surface area is 185 Å². The van der Waals surface area contributed by atoms with Crippen molar-refractivity contribution in [2.24, 2.45) is 0 Å². The minimum Gasteiger partial charge on any atom is -0.342 e. The third kappa shape index (κ3) is 4.71. The molecule has 1 spiro atoms. The lowest BCUT2D eigenvalue weighted by Gasteiger charge is -2.35. The number of hydrogen-bond acceptors (Lipinski definition) is 5. The average molecular weight is 436 g/mol. The summed E-state index contributed by atoms with van der Waals surface area (Å²) in [7, 11) is 1.69. The first kappa shape index (κ1) is 23.5. The second-order valence-electron chi connectivity index (χ2n) is 8.90. The molecular weight excluding hydrogens is 398 g/mol. The molecular formula is C22H37N5O4. The lowest BCUT2D eigenvalue weighted by atomic mass is 9.81. The highest BCUT2D eigenvalue weighted by atomic mass is 16.2. The molecule has 3 fully saturated rings. The molecule has 0 bridgehead atoms. The zero-order valence-corrected chi connectivity index (χ0v) is 19.3. The summed E-state index contributed by atoms with van der Waals surface area (Å²) in [5.74, 6) is -0.298. The Balaban J connectivity index is 1.57. The van der Waals surface area contributed by atoms with Crippen LogP contribution >= 0.6 is 0 Å². The number of nitrogens with zero attached hydrogens (tertiary/aromatic N) is 5. The maximum absolute atomic E-state index is 13.1. The molecule has 9 nitrogen and oxygen atoms in total. The maximum Gasteiger partial charge on any atom is 0.327 e. The van der Waals surface area contributed by atoms with Gasteiger partial charge in [-0.3, -0.25) is 24.2 Å². The van der Waals surface area contributed by atoms with Crippen LogP contribution in [-0.2, 0) is 14.4 Å². The van der Waals surface area contributed by atoms with E-state index in [-0.39, 0.29) is 30.3 Å². The van der Waals surface area contributed by atoms with Crippen LogP contribution in [0.1, 0.15) is 52.4 Å². The smallest absolute Gasteiger partial charge is 0.327 e. The van der Waals surface area contributed by atoms with Crippen LogP contribution in [0, 0.1) is 0 Å². The Morgan fingerprint density at radius 1 is 0.903 bits per heavy atom. The SMILES string of the molecule is CCN(CC)C(=O)CN1CCCN(C(=O)CN2C(=O)N(C)C3(CCCCC3)C2=O)CC1. The zero-order chi connectivity index (χ0) is 22.6. The molecule has 5 amide bonds. The highest BCUT2D eigenvalue weighted by Gasteiger charge is 2.56. The summed E-state index contributed by atoms with van der Waals surface area (Å²) in [5, 5.41) is 0. The van der Waals surface area contributed by atoms with Crippen molar-refractivity contribution in [1.82, 2.24) is 24.5 Å². The van der Waals surface area contributed by atoms with Gasteiger partial charge < -0.3 is 14.7 Å². The molecule has 0 aromatic carbocycles. The Bertz CT molecular complexity index is 702. The number of likely N-dealkylation sites (N-methyl/N-ethyl adjacent to an activating group) is 2. The van der Waals surface area contributed by atoms with Crippen LogP contribution in [0.4, 0.5) is 4.79 Å². The van der Waals surface area contributed by atoms with Crippen LogP contribution in [0.25, 0.3) is 0 Å². The highest BCUT2D eigenvalue weighted by Crippen LogP contribution is 2.39. The number of imide groups is 1. The monoisotopic (exact) mass is 435 g/mol. The number of rotatable bonds is 6. The van der Waals surface area contributed by atoms with Crippen molar-refractivity contribution in [3.63, 3.8) is 0 Å². The van der Waals surface area contributed by atoms with E-state index in [9.17, 15) is 19.2 Å². The molecule has 3 rings (SSSR count). The van der Waals surface area contributed by atoms with E-state index in [1.54, 1.807) is 16.8 Å². The normalized spacial score (nSPS) is 22.2. The Morgan fingerprint density at radius 2 is 1.58 bits per heavy atom. The molecule has 0 atom stereocenters. The van der Waals surface area contributed by atoms with Crippen molar-refractivity contribution in [2.75, 3.05) is 59.4 Å². The van der Waals surface area contributed by atoms with Crippen molar-refractivity contribution in [2.45, 2.75) is 57.9 Å². The fourth-order valence-electron chi connectivity index (χ4n) is 5.15. The molecule has 0 aromatic rings. The third-order valence-corrected chi connectivity index (χ3v) is 7.19. The predicted molar refractivity (Wildman–Crippen MR) is 116 cm³/mol. The van der Waals surface area contributed by atoms with Gasteiger partial charge in [-0.2, -0.15) is 0 Å². The molecule has 0 N–H and O–H groups in total. The Kier molecular flexibility index (Phi) is 7.56. The van der Waals surface area contributed by atoms with Gasteiger partial charge in [0.2, 0.25) is 11.8 Å². The van der Waals surface area contributed by atoms with E-state index in [1.165, 1.54) is 0 Å². The highest BCUT2D eigenvalue weighted by molar-refractivity contribution is 6.08. The summed E-state index contributed by atoms with van der Waals surface area (Å²) >= 11 is 0. The summed E-state index contributed by atoms with van der Waals surface area (Å²) in [6.45, 7) is 7.95. The van der Waals surface area contributed by atoms with E-state index in [2.05, 4.69) is 4.90 Å². The molecule has 2 heterocycles. The van der Waals surface area contributed by atoms with Crippen LogP contribution in [0.2, 0.25) is 0 Å². The zero-order valence-electron chi connectivity index (χ0n) is 19.3. The summed E-state index contributed by atoms with van der Waals surface area (Å²) in [5.41, 5.74) is -0.754. The Hall–Kier alpha value is -2.16. The first-order chi connectivity index (χ1) is 14.8. The van der Waals surface area contributed by atoms with Gasteiger partial charge >= 0.3 is 6.03 Å². The van der Waals surface area contributed by atoms with Gasteiger partial charge in [0.15, 0.2) is 0 Å². The number of carbonyl (C=O) groups is 4. The Morgan fingerprint density at radius 3 is 2.23 bits per heavy atom. The largest absolute Gasteiger partial charge is 0.342 e. The van der Waals surface area contributed by atoms with Gasteiger partial charge in [0.1, 0.15) is 12.1 Å². The first-order valence-corrected chi connectivity index (χ1v) is 11.7. The summed E-state index contributed by atoms with van der Waals surface area (Å²) in [6, 6.07) is -0.360. The quantitative estimate of drug-likeness (QED) is 0.581. The van der Waals surface area contributed by atoms with Gasteiger partial charge in [0.05, 0.1) is 6.54 Å². The standard InChI is InChI=1S/C22H37N5O4/c1-4-25(5-2)18(28)16-24-12-9-13-26(15-14-24)19(29)17-27-20(30)22(23(3)21(27)31)10-7-6-8-11-22/h4-17H2,1-3H3. The number of urea groups is 1. The van der Waals surface area contributed by atoms with E-state index in [0.717, 1.165) is 37.1 Å². The van der Waals surface area contributed by atoms with Crippen molar-refractivity contribution in [1.29, 1.82) is 0 Å². The van der Waals surface area contributed by atoms with Crippen LogP contribution in [0.3, 0.4) is 0 Å².